The smallest absolute Gasteiger partial charge is 0.280 e. The SMILES string of the molecule is Cc1ccc(Cl)cc1N(C(=O)c1csnn1)[C@H](C(=O)NC(C)(C)C)c1ccccn1. The molecule has 156 valence electrons. The number of nitrogens with zero attached hydrogens (tertiary/aromatic N) is 4. The molecule has 2 amide bonds. The average Bonchev–Trinajstić information content (AvgIpc) is 3.21. The predicted octanol–water partition coefficient (Wildman–Crippen LogP) is 4.20. The number of carbonyl (C=O) groups is 2. The first-order valence-corrected chi connectivity index (χ1v) is 10.5. The third kappa shape index (κ3) is 5.01. The van der Waals surface area contributed by atoms with Gasteiger partial charge in [-0.25, -0.2) is 0 Å². The van der Waals surface area contributed by atoms with Crippen molar-refractivity contribution in [1.29, 1.82) is 0 Å². The third-order valence-electron chi connectivity index (χ3n) is 4.20. The van der Waals surface area contributed by atoms with E-state index in [2.05, 4.69) is 19.9 Å². The lowest BCUT2D eigenvalue weighted by atomic mass is 10.0. The summed E-state index contributed by atoms with van der Waals surface area (Å²) in [5, 5.41) is 8.87. The Kier molecular flexibility index (Phi) is 6.48. The third-order valence-corrected chi connectivity index (χ3v) is 4.94. The van der Waals surface area contributed by atoms with Gasteiger partial charge in [0.25, 0.3) is 5.91 Å². The Bertz CT molecular complexity index is 1040. The monoisotopic (exact) mass is 443 g/mol. The number of rotatable bonds is 5. The second-order valence-corrected chi connectivity index (χ2v) is 8.84. The first kappa shape index (κ1) is 21.9. The highest BCUT2D eigenvalue weighted by Crippen LogP contribution is 2.33. The van der Waals surface area contributed by atoms with Crippen molar-refractivity contribution in [2.45, 2.75) is 39.3 Å². The quantitative estimate of drug-likeness (QED) is 0.638. The molecule has 0 aliphatic heterocycles. The van der Waals surface area contributed by atoms with Crippen LogP contribution in [0.25, 0.3) is 0 Å². The van der Waals surface area contributed by atoms with E-state index in [1.807, 2.05) is 27.7 Å². The fraction of sp³-hybridized carbons (Fsp3) is 0.286. The van der Waals surface area contributed by atoms with Crippen LogP contribution in [0, 0.1) is 6.92 Å². The van der Waals surface area contributed by atoms with E-state index in [0.717, 1.165) is 17.1 Å². The molecule has 0 fully saturated rings. The van der Waals surface area contributed by atoms with Crippen LogP contribution in [0.4, 0.5) is 5.69 Å². The van der Waals surface area contributed by atoms with Crippen molar-refractivity contribution in [2.75, 3.05) is 4.90 Å². The average molecular weight is 444 g/mol. The molecule has 0 saturated heterocycles. The van der Waals surface area contributed by atoms with Gasteiger partial charge in [0.2, 0.25) is 5.91 Å². The van der Waals surface area contributed by atoms with E-state index in [-0.39, 0.29) is 11.6 Å². The fourth-order valence-corrected chi connectivity index (χ4v) is 3.54. The number of carbonyl (C=O) groups excluding carboxylic acids is 2. The summed E-state index contributed by atoms with van der Waals surface area (Å²) < 4.78 is 3.80. The van der Waals surface area contributed by atoms with Crippen LogP contribution in [0.1, 0.15) is 48.6 Å². The second kappa shape index (κ2) is 8.89. The Labute approximate surface area is 184 Å². The molecule has 3 rings (SSSR count). The van der Waals surface area contributed by atoms with E-state index in [1.54, 1.807) is 48.0 Å². The van der Waals surface area contributed by atoms with Gasteiger partial charge in [0, 0.05) is 27.8 Å². The van der Waals surface area contributed by atoms with Gasteiger partial charge in [0.1, 0.15) is 0 Å². The molecule has 0 aliphatic carbocycles. The number of anilines is 1. The van der Waals surface area contributed by atoms with Gasteiger partial charge in [-0.2, -0.15) is 0 Å². The molecule has 30 heavy (non-hydrogen) atoms. The van der Waals surface area contributed by atoms with Crippen LogP contribution in [0.3, 0.4) is 0 Å². The van der Waals surface area contributed by atoms with E-state index in [4.69, 9.17) is 11.6 Å². The number of amides is 2. The van der Waals surface area contributed by atoms with Crippen LogP contribution in [0.2, 0.25) is 5.02 Å². The van der Waals surface area contributed by atoms with Gasteiger partial charge in [-0.05, 0) is 69.1 Å². The molecule has 0 radical (unpaired) electrons. The Hall–Kier alpha value is -2.84. The largest absolute Gasteiger partial charge is 0.349 e. The Morgan fingerprint density at radius 3 is 2.57 bits per heavy atom. The van der Waals surface area contributed by atoms with Crippen LogP contribution in [0.5, 0.6) is 0 Å². The summed E-state index contributed by atoms with van der Waals surface area (Å²) in [6.07, 6.45) is 1.59. The van der Waals surface area contributed by atoms with Crippen LogP contribution in [-0.4, -0.2) is 31.9 Å². The van der Waals surface area contributed by atoms with E-state index in [0.29, 0.717) is 16.4 Å². The molecule has 0 spiro atoms. The van der Waals surface area contributed by atoms with Crippen LogP contribution < -0.4 is 10.2 Å². The Balaban J connectivity index is 2.21. The van der Waals surface area contributed by atoms with Gasteiger partial charge < -0.3 is 5.32 Å². The lowest BCUT2D eigenvalue weighted by Gasteiger charge is -2.33. The number of aromatic nitrogens is 3. The zero-order chi connectivity index (χ0) is 21.9. The van der Waals surface area contributed by atoms with Gasteiger partial charge in [-0.3, -0.25) is 19.5 Å². The maximum absolute atomic E-state index is 13.5. The first-order chi connectivity index (χ1) is 14.2. The zero-order valence-electron chi connectivity index (χ0n) is 17.1. The summed E-state index contributed by atoms with van der Waals surface area (Å²) in [4.78, 5) is 32.7. The molecular weight excluding hydrogens is 422 g/mol. The minimum atomic E-state index is -1.03. The lowest BCUT2D eigenvalue weighted by Crippen LogP contribution is -2.50. The molecule has 2 aromatic heterocycles. The summed E-state index contributed by atoms with van der Waals surface area (Å²) in [6, 6.07) is 9.41. The van der Waals surface area contributed by atoms with E-state index < -0.39 is 17.5 Å². The molecule has 1 atom stereocenters. The summed E-state index contributed by atoms with van der Waals surface area (Å²) in [5.74, 6) is -0.828. The van der Waals surface area contributed by atoms with Crippen molar-refractivity contribution in [3.05, 3.63) is 69.9 Å². The van der Waals surface area contributed by atoms with Crippen molar-refractivity contribution in [3.8, 4) is 0 Å². The molecule has 9 heteroatoms. The molecule has 1 aromatic carbocycles. The van der Waals surface area contributed by atoms with Gasteiger partial charge >= 0.3 is 0 Å². The predicted molar refractivity (Wildman–Crippen MR) is 118 cm³/mol. The molecule has 2 heterocycles. The van der Waals surface area contributed by atoms with Gasteiger partial charge in [-0.1, -0.05) is 28.2 Å². The molecule has 0 aliphatic rings. The lowest BCUT2D eigenvalue weighted by molar-refractivity contribution is -0.124. The standard InChI is InChI=1S/C21H22ClN5O2S/c1-13-8-9-14(22)11-17(13)27(20(29)16-12-30-26-25-16)18(15-7-5-6-10-23-15)19(28)24-21(2,3)4/h5-12,18H,1-4H3,(H,24,28)/t18-/m0/s1. The summed E-state index contributed by atoms with van der Waals surface area (Å²) in [6.45, 7) is 7.48. The van der Waals surface area contributed by atoms with Crippen molar-refractivity contribution < 1.29 is 9.59 Å². The normalized spacial score (nSPS) is 12.3. The van der Waals surface area contributed by atoms with Gasteiger partial charge in [0.15, 0.2) is 11.7 Å². The Morgan fingerprint density at radius 2 is 1.97 bits per heavy atom. The highest BCUT2D eigenvalue weighted by atomic mass is 35.5. The fourth-order valence-electron chi connectivity index (χ4n) is 2.95. The molecule has 0 saturated carbocycles. The minimum Gasteiger partial charge on any atom is -0.349 e. The summed E-state index contributed by atoms with van der Waals surface area (Å²) in [7, 11) is 0. The summed E-state index contributed by atoms with van der Waals surface area (Å²) >= 11 is 7.31. The number of benzene rings is 1. The maximum atomic E-state index is 13.5. The topological polar surface area (TPSA) is 88.1 Å². The molecule has 0 bridgehead atoms. The van der Waals surface area contributed by atoms with E-state index in [9.17, 15) is 9.59 Å². The van der Waals surface area contributed by atoms with E-state index in [1.165, 1.54) is 4.90 Å². The molecule has 7 nitrogen and oxygen atoms in total. The van der Waals surface area contributed by atoms with Crippen molar-refractivity contribution in [3.63, 3.8) is 0 Å². The second-order valence-electron chi connectivity index (χ2n) is 7.79. The van der Waals surface area contributed by atoms with Crippen LogP contribution in [0.15, 0.2) is 48.0 Å². The number of halogens is 1. The maximum Gasteiger partial charge on any atom is 0.280 e. The van der Waals surface area contributed by atoms with E-state index >= 15 is 0 Å². The number of hydrogen-bond acceptors (Lipinski definition) is 6. The number of hydrogen-bond donors (Lipinski definition) is 1. The van der Waals surface area contributed by atoms with Crippen molar-refractivity contribution >= 4 is 40.6 Å². The number of aryl methyl sites for hydroxylation is 1. The number of pyridine rings is 1. The molecule has 3 aromatic rings. The highest BCUT2D eigenvalue weighted by Gasteiger charge is 2.37. The Morgan fingerprint density at radius 1 is 1.20 bits per heavy atom. The highest BCUT2D eigenvalue weighted by molar-refractivity contribution is 7.03. The number of nitrogens with one attached hydrogen (secondary N) is 1. The minimum absolute atomic E-state index is 0.142. The van der Waals surface area contributed by atoms with Crippen LogP contribution >= 0.6 is 23.1 Å². The molecule has 0 unspecified atom stereocenters. The summed E-state index contributed by atoms with van der Waals surface area (Å²) in [5.41, 5.74) is 1.34. The van der Waals surface area contributed by atoms with Gasteiger partial charge in [-0.15, -0.1) is 5.10 Å². The van der Waals surface area contributed by atoms with Crippen LogP contribution in [-0.2, 0) is 4.79 Å². The molecule has 1 N–H and O–H groups in total. The van der Waals surface area contributed by atoms with Crippen molar-refractivity contribution in [2.24, 2.45) is 0 Å². The van der Waals surface area contributed by atoms with Gasteiger partial charge in [0.05, 0.1) is 5.69 Å². The zero-order valence-corrected chi connectivity index (χ0v) is 18.7. The molecular formula is C21H22ClN5O2S. The van der Waals surface area contributed by atoms with Crippen molar-refractivity contribution in [1.82, 2.24) is 19.9 Å². The first-order valence-electron chi connectivity index (χ1n) is 9.27.